The van der Waals surface area contributed by atoms with Crippen LogP contribution in [-0.2, 0) is 25.3 Å². The van der Waals surface area contributed by atoms with E-state index in [1.807, 2.05) is 0 Å². The van der Waals surface area contributed by atoms with Crippen LogP contribution in [0.15, 0.2) is 39.4 Å². The van der Waals surface area contributed by atoms with Gasteiger partial charge in [0.25, 0.3) is 5.56 Å². The van der Waals surface area contributed by atoms with Crippen molar-refractivity contribution in [3.8, 4) is 17.0 Å². The Kier molecular flexibility index (Phi) is 6.10. The first kappa shape index (κ1) is 24.0. The molecule has 4 aromatic rings. The molecule has 0 saturated carbocycles. The van der Waals surface area contributed by atoms with Crippen LogP contribution in [0.25, 0.3) is 22.2 Å². The molecule has 0 unspecified atom stereocenters. The number of nitrogens with zero attached hydrogens (tertiary/aromatic N) is 5. The predicted molar refractivity (Wildman–Crippen MR) is 117 cm³/mol. The van der Waals surface area contributed by atoms with Gasteiger partial charge >= 0.3 is 12.1 Å². The maximum Gasteiger partial charge on any atom is 0.573 e. The SMILES string of the molecule is Cn1c(=O)c2c(CC(=O)Nc3nc(-c4ccc(OC(F)(F)F)c(F)c4)cs3)nncc2n(C)c1=O. The summed E-state index contributed by atoms with van der Waals surface area (Å²) in [6, 6.07) is 2.84. The number of aryl methyl sites for hydroxylation is 1. The lowest BCUT2D eigenvalue weighted by atomic mass is 10.1. The van der Waals surface area contributed by atoms with Gasteiger partial charge in [0.1, 0.15) is 0 Å². The van der Waals surface area contributed by atoms with Crippen molar-refractivity contribution in [3.63, 3.8) is 0 Å². The Hall–Kier alpha value is -4.14. The van der Waals surface area contributed by atoms with E-state index in [-0.39, 0.29) is 39.4 Å². The average molecular weight is 510 g/mol. The quantitative estimate of drug-likeness (QED) is 0.409. The van der Waals surface area contributed by atoms with Gasteiger partial charge < -0.3 is 10.1 Å². The molecule has 0 bridgehead atoms. The summed E-state index contributed by atoms with van der Waals surface area (Å²) in [5.74, 6) is -2.81. The highest BCUT2D eigenvalue weighted by Crippen LogP contribution is 2.31. The lowest BCUT2D eigenvalue weighted by Gasteiger charge is -2.10. The highest BCUT2D eigenvalue weighted by molar-refractivity contribution is 7.14. The first-order valence-electron chi connectivity index (χ1n) is 9.66. The Morgan fingerprint density at radius 3 is 2.63 bits per heavy atom. The van der Waals surface area contributed by atoms with Crippen molar-refractivity contribution in [2.75, 3.05) is 5.32 Å². The first-order chi connectivity index (χ1) is 16.4. The van der Waals surface area contributed by atoms with Crippen LogP contribution in [0.2, 0.25) is 0 Å². The number of carbonyl (C=O) groups excluding carboxylic acids is 1. The van der Waals surface area contributed by atoms with Crippen molar-refractivity contribution in [2.45, 2.75) is 12.8 Å². The van der Waals surface area contributed by atoms with Crippen LogP contribution in [0.5, 0.6) is 5.75 Å². The van der Waals surface area contributed by atoms with E-state index in [9.17, 15) is 31.9 Å². The Balaban J connectivity index is 1.54. The van der Waals surface area contributed by atoms with Crippen LogP contribution in [0.4, 0.5) is 22.7 Å². The minimum Gasteiger partial charge on any atom is -0.403 e. The van der Waals surface area contributed by atoms with Gasteiger partial charge in [-0.1, -0.05) is 0 Å². The normalized spacial score (nSPS) is 11.6. The lowest BCUT2D eigenvalue weighted by Crippen LogP contribution is -2.37. The molecule has 0 fully saturated rings. The molecule has 1 aromatic carbocycles. The molecule has 0 spiro atoms. The van der Waals surface area contributed by atoms with Crippen molar-refractivity contribution in [2.24, 2.45) is 14.1 Å². The maximum atomic E-state index is 14.0. The molecule has 4 rings (SSSR count). The summed E-state index contributed by atoms with van der Waals surface area (Å²) in [6.45, 7) is 0. The van der Waals surface area contributed by atoms with Crippen LogP contribution in [0.1, 0.15) is 5.69 Å². The van der Waals surface area contributed by atoms with Crippen molar-refractivity contribution >= 4 is 33.3 Å². The summed E-state index contributed by atoms with van der Waals surface area (Å²) in [7, 11) is 2.76. The minimum atomic E-state index is -5.03. The highest BCUT2D eigenvalue weighted by Gasteiger charge is 2.32. The van der Waals surface area contributed by atoms with Gasteiger partial charge in [-0.25, -0.2) is 14.2 Å². The number of nitrogens with one attached hydrogen (secondary N) is 1. The third kappa shape index (κ3) is 4.89. The number of alkyl halides is 3. The molecule has 182 valence electrons. The molecule has 0 aliphatic heterocycles. The Morgan fingerprint density at radius 2 is 1.94 bits per heavy atom. The zero-order valence-corrected chi connectivity index (χ0v) is 18.7. The summed E-state index contributed by atoms with van der Waals surface area (Å²) in [4.78, 5) is 41.4. The summed E-state index contributed by atoms with van der Waals surface area (Å²) in [5.41, 5.74) is -0.551. The highest BCUT2D eigenvalue weighted by atomic mass is 32.1. The number of carbonyl (C=O) groups is 1. The van der Waals surface area contributed by atoms with E-state index in [4.69, 9.17) is 0 Å². The van der Waals surface area contributed by atoms with Crippen molar-refractivity contribution in [1.82, 2.24) is 24.3 Å². The largest absolute Gasteiger partial charge is 0.573 e. The molecule has 0 aliphatic rings. The van der Waals surface area contributed by atoms with E-state index in [2.05, 4.69) is 25.2 Å². The second-order valence-corrected chi connectivity index (χ2v) is 8.07. The van der Waals surface area contributed by atoms with Gasteiger partial charge in [-0.3, -0.25) is 18.7 Å². The van der Waals surface area contributed by atoms with E-state index < -0.39 is 35.1 Å². The monoisotopic (exact) mass is 510 g/mol. The maximum absolute atomic E-state index is 14.0. The summed E-state index contributed by atoms with van der Waals surface area (Å²) in [6.07, 6.45) is -4.14. The summed E-state index contributed by atoms with van der Waals surface area (Å²) >= 11 is 0.993. The fourth-order valence-electron chi connectivity index (χ4n) is 3.26. The van der Waals surface area contributed by atoms with E-state index in [0.29, 0.717) is 0 Å². The number of benzene rings is 1. The number of fused-ring (bicyclic) bond motifs is 1. The first-order valence-corrected chi connectivity index (χ1v) is 10.5. The number of rotatable bonds is 5. The predicted octanol–water partition coefficient (Wildman–Crippen LogP) is 2.37. The molecule has 0 atom stereocenters. The van der Waals surface area contributed by atoms with Crippen LogP contribution in [0, 0.1) is 5.82 Å². The van der Waals surface area contributed by atoms with E-state index in [1.165, 1.54) is 36.3 Å². The topological polar surface area (TPSA) is 121 Å². The molecule has 3 aromatic heterocycles. The van der Waals surface area contributed by atoms with Crippen molar-refractivity contribution in [3.05, 3.63) is 62.1 Å². The van der Waals surface area contributed by atoms with E-state index in [0.717, 1.165) is 28.0 Å². The Labute approximate surface area is 196 Å². The van der Waals surface area contributed by atoms with Crippen LogP contribution in [0.3, 0.4) is 0 Å². The molecular weight excluding hydrogens is 496 g/mol. The smallest absolute Gasteiger partial charge is 0.403 e. The molecule has 0 radical (unpaired) electrons. The fourth-order valence-corrected chi connectivity index (χ4v) is 3.99. The Morgan fingerprint density at radius 1 is 1.20 bits per heavy atom. The number of thiazole rings is 1. The van der Waals surface area contributed by atoms with Crippen molar-refractivity contribution < 1.29 is 27.1 Å². The molecule has 15 heteroatoms. The molecule has 0 aliphatic carbocycles. The number of halogens is 4. The summed E-state index contributed by atoms with van der Waals surface area (Å²) in [5, 5.41) is 11.8. The molecule has 1 amide bonds. The number of amides is 1. The fraction of sp³-hybridized carbons (Fsp3) is 0.200. The third-order valence-corrected chi connectivity index (χ3v) is 5.65. The number of ether oxygens (including phenoxy) is 1. The summed E-state index contributed by atoms with van der Waals surface area (Å²) < 4.78 is 56.6. The van der Waals surface area contributed by atoms with Gasteiger partial charge in [0.05, 0.1) is 34.9 Å². The number of anilines is 1. The number of aromatic nitrogens is 5. The van der Waals surface area contributed by atoms with E-state index in [1.54, 1.807) is 0 Å². The molecular formula is C20H14F4N6O4S. The standard InChI is InChI=1S/C20H14F4N6O4S/c1-29-13-7-25-28-11(16(13)17(32)30(2)19(29)33)6-15(31)27-18-26-12(8-35-18)9-3-4-14(10(21)5-9)34-20(22,23)24/h3-5,7-8H,6H2,1-2H3,(H,26,27,31). The Bertz CT molecular complexity index is 1580. The van der Waals surface area contributed by atoms with Crippen LogP contribution < -0.4 is 21.3 Å². The molecule has 1 N–H and O–H groups in total. The van der Waals surface area contributed by atoms with Crippen LogP contribution >= 0.6 is 11.3 Å². The number of hydrogen-bond donors (Lipinski definition) is 1. The zero-order valence-electron chi connectivity index (χ0n) is 17.9. The van der Waals surface area contributed by atoms with E-state index >= 15 is 0 Å². The number of hydrogen-bond acceptors (Lipinski definition) is 8. The average Bonchev–Trinajstić information content (AvgIpc) is 3.24. The molecule has 3 heterocycles. The van der Waals surface area contributed by atoms with Crippen LogP contribution in [-0.4, -0.2) is 36.6 Å². The minimum absolute atomic E-state index is 0.0512. The van der Waals surface area contributed by atoms with Crippen molar-refractivity contribution in [1.29, 1.82) is 0 Å². The zero-order chi connectivity index (χ0) is 25.5. The molecule has 10 nitrogen and oxygen atoms in total. The molecule has 0 saturated heterocycles. The van der Waals surface area contributed by atoms with Gasteiger partial charge in [0, 0.05) is 25.0 Å². The molecule has 35 heavy (non-hydrogen) atoms. The van der Waals surface area contributed by atoms with Gasteiger partial charge in [-0.2, -0.15) is 10.2 Å². The van der Waals surface area contributed by atoms with Gasteiger partial charge in [-0.15, -0.1) is 24.5 Å². The second kappa shape index (κ2) is 8.90. The second-order valence-electron chi connectivity index (χ2n) is 7.21. The lowest BCUT2D eigenvalue weighted by molar-refractivity contribution is -0.275. The van der Waals surface area contributed by atoms with Gasteiger partial charge in [0.15, 0.2) is 16.7 Å². The third-order valence-electron chi connectivity index (χ3n) is 4.89. The van der Waals surface area contributed by atoms with Gasteiger partial charge in [0.2, 0.25) is 5.91 Å². The van der Waals surface area contributed by atoms with Gasteiger partial charge in [-0.05, 0) is 18.2 Å².